The van der Waals surface area contributed by atoms with Gasteiger partial charge in [-0.3, -0.25) is 4.79 Å². The Balaban J connectivity index is 2.75. The van der Waals surface area contributed by atoms with Crippen molar-refractivity contribution in [2.24, 2.45) is 0 Å². The lowest BCUT2D eigenvalue weighted by atomic mass is 10.2. The molecule has 0 saturated carbocycles. The summed E-state index contributed by atoms with van der Waals surface area (Å²) in [5, 5.41) is 2.88. The predicted molar refractivity (Wildman–Crippen MR) is 81.6 cm³/mol. The highest BCUT2D eigenvalue weighted by atomic mass is 79.9. The Kier molecular flexibility index (Phi) is 5.20. The number of halogens is 1. The van der Waals surface area contributed by atoms with Crippen molar-refractivity contribution in [3.63, 3.8) is 0 Å². The molecule has 0 aromatic heterocycles. The predicted octanol–water partition coefficient (Wildman–Crippen LogP) is 3.64. The highest BCUT2D eigenvalue weighted by Crippen LogP contribution is 2.21. The highest BCUT2D eigenvalue weighted by molar-refractivity contribution is 9.10. The van der Waals surface area contributed by atoms with Crippen molar-refractivity contribution < 1.29 is 4.79 Å². The molecular weight excluding hydrogens is 292 g/mol. The molecule has 18 heavy (non-hydrogen) atoms. The van der Waals surface area contributed by atoms with Crippen LogP contribution in [0.15, 0.2) is 24.3 Å². The molecule has 1 rings (SSSR count). The van der Waals surface area contributed by atoms with Crippen molar-refractivity contribution in [1.29, 1.82) is 0 Å². The van der Waals surface area contributed by atoms with Crippen LogP contribution in [0, 0.1) is 0 Å². The van der Waals surface area contributed by atoms with Gasteiger partial charge in [-0.2, -0.15) is 0 Å². The van der Waals surface area contributed by atoms with Crippen molar-refractivity contribution in [2.45, 2.75) is 32.0 Å². The molecule has 4 heteroatoms. The third kappa shape index (κ3) is 4.02. The summed E-state index contributed by atoms with van der Waals surface area (Å²) < 4.78 is -0.551. The fourth-order valence-corrected chi connectivity index (χ4v) is 1.72. The summed E-state index contributed by atoms with van der Waals surface area (Å²) in [7, 11) is 0. The molecule has 0 aliphatic heterocycles. The average molecular weight is 313 g/mol. The molecule has 1 aromatic rings. The molecule has 0 aliphatic carbocycles. The molecule has 1 N–H and O–H groups in total. The number of carbonyl (C=O) groups excluding carboxylic acids is 1. The Labute approximate surface area is 118 Å². The standard InChI is InChI=1S/C14H21BrN2O/c1-5-17(6-2)12-9-7-11(8-10-12)16-13(18)14(3,4)15/h7-10H,5-6H2,1-4H3,(H,16,18). The van der Waals surface area contributed by atoms with Gasteiger partial charge in [0.15, 0.2) is 0 Å². The maximum atomic E-state index is 11.8. The van der Waals surface area contributed by atoms with Crippen LogP contribution in [0.25, 0.3) is 0 Å². The molecule has 0 unspecified atom stereocenters. The first-order valence-corrected chi connectivity index (χ1v) is 7.03. The number of hydrogen-bond acceptors (Lipinski definition) is 2. The van der Waals surface area contributed by atoms with Crippen molar-refractivity contribution in [1.82, 2.24) is 0 Å². The minimum Gasteiger partial charge on any atom is -0.372 e. The third-order valence-electron chi connectivity index (χ3n) is 2.79. The molecule has 1 aromatic carbocycles. The van der Waals surface area contributed by atoms with Gasteiger partial charge in [-0.05, 0) is 52.0 Å². The smallest absolute Gasteiger partial charge is 0.240 e. The molecule has 0 aliphatic rings. The number of anilines is 2. The summed E-state index contributed by atoms with van der Waals surface area (Å²) in [5.74, 6) is -0.0434. The summed E-state index contributed by atoms with van der Waals surface area (Å²) in [5.41, 5.74) is 2.00. The molecular formula is C14H21BrN2O. The molecule has 0 spiro atoms. The van der Waals surface area contributed by atoms with E-state index in [4.69, 9.17) is 0 Å². The van der Waals surface area contributed by atoms with Crippen molar-refractivity contribution >= 4 is 33.2 Å². The minimum atomic E-state index is -0.551. The van der Waals surface area contributed by atoms with Crippen LogP contribution < -0.4 is 10.2 Å². The van der Waals surface area contributed by atoms with Crippen LogP contribution in [0.5, 0.6) is 0 Å². The van der Waals surface area contributed by atoms with Gasteiger partial charge in [0.2, 0.25) is 5.91 Å². The molecule has 0 saturated heterocycles. The lowest BCUT2D eigenvalue weighted by Gasteiger charge is -2.21. The average Bonchev–Trinajstić information content (AvgIpc) is 2.31. The van der Waals surface area contributed by atoms with Gasteiger partial charge in [0.25, 0.3) is 0 Å². The number of amides is 1. The molecule has 0 radical (unpaired) electrons. The maximum Gasteiger partial charge on any atom is 0.240 e. The second kappa shape index (κ2) is 6.23. The zero-order valence-corrected chi connectivity index (χ0v) is 13.0. The minimum absolute atomic E-state index is 0.0434. The van der Waals surface area contributed by atoms with Crippen LogP contribution in [0.2, 0.25) is 0 Å². The summed E-state index contributed by atoms with van der Waals surface area (Å²) >= 11 is 3.34. The van der Waals surface area contributed by atoms with Gasteiger partial charge in [0.05, 0.1) is 4.32 Å². The molecule has 3 nitrogen and oxygen atoms in total. The van der Waals surface area contributed by atoms with E-state index in [-0.39, 0.29) is 5.91 Å². The van der Waals surface area contributed by atoms with Crippen LogP contribution in [0.1, 0.15) is 27.7 Å². The van der Waals surface area contributed by atoms with Gasteiger partial charge >= 0.3 is 0 Å². The Morgan fingerprint density at radius 1 is 1.22 bits per heavy atom. The summed E-state index contributed by atoms with van der Waals surface area (Å²) in [6, 6.07) is 7.93. The first kappa shape index (κ1) is 15.0. The van der Waals surface area contributed by atoms with Gasteiger partial charge in [-0.25, -0.2) is 0 Å². The molecule has 0 atom stereocenters. The van der Waals surface area contributed by atoms with Crippen LogP contribution in [-0.4, -0.2) is 23.3 Å². The summed E-state index contributed by atoms with van der Waals surface area (Å²) in [6.45, 7) is 9.88. The van der Waals surface area contributed by atoms with E-state index in [1.54, 1.807) is 0 Å². The Bertz CT molecular complexity index is 391. The first-order chi connectivity index (χ1) is 8.38. The fraction of sp³-hybridized carbons (Fsp3) is 0.500. The molecule has 0 heterocycles. The van der Waals surface area contributed by atoms with Gasteiger partial charge in [-0.1, -0.05) is 15.9 Å². The van der Waals surface area contributed by atoms with Crippen LogP contribution in [-0.2, 0) is 4.79 Å². The summed E-state index contributed by atoms with van der Waals surface area (Å²) in [6.07, 6.45) is 0. The van der Waals surface area contributed by atoms with E-state index >= 15 is 0 Å². The number of nitrogens with one attached hydrogen (secondary N) is 1. The van der Waals surface area contributed by atoms with Crippen LogP contribution in [0.4, 0.5) is 11.4 Å². The number of hydrogen-bond donors (Lipinski definition) is 1. The van der Waals surface area contributed by atoms with E-state index in [0.29, 0.717) is 0 Å². The Morgan fingerprint density at radius 2 is 1.72 bits per heavy atom. The van der Waals surface area contributed by atoms with Gasteiger partial charge in [0.1, 0.15) is 0 Å². The van der Waals surface area contributed by atoms with Crippen LogP contribution in [0.3, 0.4) is 0 Å². The van der Waals surface area contributed by atoms with Crippen LogP contribution >= 0.6 is 15.9 Å². The largest absolute Gasteiger partial charge is 0.372 e. The van der Waals surface area contributed by atoms with Crippen molar-refractivity contribution in [3.05, 3.63) is 24.3 Å². The fourth-order valence-electron chi connectivity index (χ4n) is 1.62. The van der Waals surface area contributed by atoms with E-state index < -0.39 is 4.32 Å². The van der Waals surface area contributed by atoms with Crippen molar-refractivity contribution in [2.75, 3.05) is 23.3 Å². The van der Waals surface area contributed by atoms with E-state index in [2.05, 4.69) is 40.0 Å². The third-order valence-corrected chi connectivity index (χ3v) is 3.15. The number of rotatable bonds is 5. The topological polar surface area (TPSA) is 32.3 Å². The van der Waals surface area contributed by atoms with Crippen molar-refractivity contribution in [3.8, 4) is 0 Å². The normalized spacial score (nSPS) is 11.2. The number of carbonyl (C=O) groups is 1. The number of nitrogens with zero attached hydrogens (tertiary/aromatic N) is 1. The highest BCUT2D eigenvalue weighted by Gasteiger charge is 2.23. The monoisotopic (exact) mass is 312 g/mol. The summed E-state index contributed by atoms with van der Waals surface area (Å²) in [4.78, 5) is 14.1. The van der Waals surface area contributed by atoms with Gasteiger partial charge in [0, 0.05) is 24.5 Å². The zero-order chi connectivity index (χ0) is 13.8. The Hall–Kier alpha value is -1.03. The first-order valence-electron chi connectivity index (χ1n) is 6.23. The van der Waals surface area contributed by atoms with E-state index in [0.717, 1.165) is 18.8 Å². The number of alkyl halides is 1. The van der Waals surface area contributed by atoms with Gasteiger partial charge < -0.3 is 10.2 Å². The second-order valence-electron chi connectivity index (χ2n) is 4.65. The quantitative estimate of drug-likeness (QED) is 0.842. The second-order valence-corrected chi connectivity index (χ2v) is 6.63. The van der Waals surface area contributed by atoms with E-state index in [9.17, 15) is 4.79 Å². The van der Waals surface area contributed by atoms with E-state index in [1.807, 2.05) is 38.1 Å². The molecule has 0 bridgehead atoms. The van der Waals surface area contributed by atoms with Gasteiger partial charge in [-0.15, -0.1) is 0 Å². The molecule has 1 amide bonds. The SMILES string of the molecule is CCN(CC)c1ccc(NC(=O)C(C)(C)Br)cc1. The zero-order valence-electron chi connectivity index (χ0n) is 11.5. The van der Waals surface area contributed by atoms with E-state index in [1.165, 1.54) is 5.69 Å². The Morgan fingerprint density at radius 3 is 2.11 bits per heavy atom. The number of benzene rings is 1. The maximum absolute atomic E-state index is 11.8. The molecule has 0 fully saturated rings. The lowest BCUT2D eigenvalue weighted by molar-refractivity contribution is -0.117. The molecule has 100 valence electrons. The lowest BCUT2D eigenvalue weighted by Crippen LogP contribution is -2.31.